The minimum absolute atomic E-state index is 0.619. The number of para-hydroxylation sites is 1. The van der Waals surface area contributed by atoms with Gasteiger partial charge in [-0.1, -0.05) is 6.07 Å². The van der Waals surface area contributed by atoms with E-state index in [-0.39, 0.29) is 0 Å². The Balaban J connectivity index is 1.89. The second kappa shape index (κ2) is 5.20. The van der Waals surface area contributed by atoms with E-state index in [1.54, 1.807) is 7.11 Å². The number of rotatable bonds is 6. The number of benzene rings is 1. The summed E-state index contributed by atoms with van der Waals surface area (Å²) in [5.41, 5.74) is 2.21. The topological polar surface area (TPSA) is 27.1 Å². The van der Waals surface area contributed by atoms with Crippen LogP contribution in [0.5, 0.6) is 5.75 Å². The SMILES string of the molecule is COc1cccc2c1nc(CCCl)n2C(C1CC1)C1CC1. The van der Waals surface area contributed by atoms with Crippen LogP contribution in [0, 0.1) is 11.8 Å². The van der Waals surface area contributed by atoms with E-state index >= 15 is 0 Å². The third-order valence-electron chi connectivity index (χ3n) is 4.80. The number of aromatic nitrogens is 2. The van der Waals surface area contributed by atoms with Crippen LogP contribution in [0.25, 0.3) is 11.0 Å². The molecule has 4 heteroatoms. The zero-order valence-electron chi connectivity index (χ0n) is 12.4. The number of aryl methyl sites for hydroxylation is 1. The van der Waals surface area contributed by atoms with Crippen LogP contribution in [0.15, 0.2) is 18.2 Å². The molecule has 0 atom stereocenters. The minimum Gasteiger partial charge on any atom is -0.494 e. The third kappa shape index (κ3) is 2.32. The van der Waals surface area contributed by atoms with Crippen molar-refractivity contribution < 1.29 is 4.74 Å². The molecule has 0 aliphatic heterocycles. The lowest BCUT2D eigenvalue weighted by molar-refractivity contribution is 0.393. The van der Waals surface area contributed by atoms with Crippen molar-refractivity contribution in [3.8, 4) is 5.75 Å². The minimum atomic E-state index is 0.619. The quantitative estimate of drug-likeness (QED) is 0.748. The lowest BCUT2D eigenvalue weighted by atomic mass is 10.1. The molecule has 21 heavy (non-hydrogen) atoms. The summed E-state index contributed by atoms with van der Waals surface area (Å²) in [6.07, 6.45) is 6.29. The van der Waals surface area contributed by atoms with Crippen molar-refractivity contribution in [3.05, 3.63) is 24.0 Å². The predicted octanol–water partition coefficient (Wildman–Crippen LogP) is 4.19. The average molecular weight is 305 g/mol. The summed E-state index contributed by atoms with van der Waals surface area (Å²) in [6, 6.07) is 6.87. The number of hydrogen-bond donors (Lipinski definition) is 0. The number of halogens is 1. The Bertz CT molecular complexity index is 646. The molecule has 2 saturated carbocycles. The highest BCUT2D eigenvalue weighted by molar-refractivity contribution is 6.17. The van der Waals surface area contributed by atoms with E-state index in [1.165, 1.54) is 31.2 Å². The van der Waals surface area contributed by atoms with Crippen LogP contribution in [-0.4, -0.2) is 22.5 Å². The molecular weight excluding hydrogens is 284 g/mol. The standard InChI is InChI=1S/C17H21ClN2O/c1-21-14-4-2-3-13-16(14)19-15(9-10-18)20(13)17(11-5-6-11)12-7-8-12/h2-4,11-12,17H,5-10H2,1H3. The number of nitrogens with zero attached hydrogens (tertiary/aromatic N) is 2. The normalized spacial score (nSPS) is 18.6. The maximum atomic E-state index is 6.02. The van der Waals surface area contributed by atoms with Crippen molar-refractivity contribution in [2.75, 3.05) is 13.0 Å². The third-order valence-corrected chi connectivity index (χ3v) is 4.99. The maximum Gasteiger partial charge on any atom is 0.146 e. The Labute approximate surface area is 130 Å². The molecule has 112 valence electrons. The molecule has 0 unspecified atom stereocenters. The van der Waals surface area contributed by atoms with Gasteiger partial charge >= 0.3 is 0 Å². The average Bonchev–Trinajstić information content (AvgIpc) is 3.39. The van der Waals surface area contributed by atoms with E-state index in [2.05, 4.69) is 16.7 Å². The summed E-state index contributed by atoms with van der Waals surface area (Å²) < 4.78 is 7.99. The molecule has 0 amide bonds. The van der Waals surface area contributed by atoms with Crippen molar-refractivity contribution in [1.29, 1.82) is 0 Å². The van der Waals surface area contributed by atoms with E-state index in [0.29, 0.717) is 11.9 Å². The fourth-order valence-electron chi connectivity index (χ4n) is 3.58. The van der Waals surface area contributed by atoms with Crippen molar-refractivity contribution >= 4 is 22.6 Å². The number of imidazole rings is 1. The number of ether oxygens (including phenoxy) is 1. The van der Waals surface area contributed by atoms with E-state index < -0.39 is 0 Å². The molecule has 2 aliphatic rings. The summed E-state index contributed by atoms with van der Waals surface area (Å²) in [4.78, 5) is 4.87. The number of methoxy groups -OCH3 is 1. The van der Waals surface area contributed by atoms with Crippen molar-refractivity contribution in [3.63, 3.8) is 0 Å². The molecule has 3 nitrogen and oxygen atoms in total. The van der Waals surface area contributed by atoms with Crippen LogP contribution in [0.1, 0.15) is 37.5 Å². The summed E-state index contributed by atoms with van der Waals surface area (Å²) in [5.74, 6) is 4.30. The fourth-order valence-corrected chi connectivity index (χ4v) is 3.75. The Morgan fingerprint density at radius 2 is 2.00 bits per heavy atom. The molecule has 0 saturated heterocycles. The van der Waals surface area contributed by atoms with Gasteiger partial charge in [0.1, 0.15) is 17.1 Å². The second-order valence-corrected chi connectivity index (χ2v) is 6.71. The summed E-state index contributed by atoms with van der Waals surface area (Å²) >= 11 is 6.02. The van der Waals surface area contributed by atoms with Crippen LogP contribution < -0.4 is 4.74 Å². The summed E-state index contributed by atoms with van der Waals surface area (Å²) in [5, 5.41) is 0. The lowest BCUT2D eigenvalue weighted by Crippen LogP contribution is -2.16. The van der Waals surface area contributed by atoms with Gasteiger partial charge in [0.25, 0.3) is 0 Å². The molecule has 1 aromatic heterocycles. The molecular formula is C17H21ClN2O. The Morgan fingerprint density at radius 1 is 1.29 bits per heavy atom. The first-order chi connectivity index (χ1) is 10.3. The van der Waals surface area contributed by atoms with Crippen LogP contribution >= 0.6 is 11.6 Å². The van der Waals surface area contributed by atoms with Crippen LogP contribution in [-0.2, 0) is 6.42 Å². The molecule has 0 N–H and O–H groups in total. The Morgan fingerprint density at radius 3 is 2.57 bits per heavy atom. The number of alkyl halides is 1. The first-order valence-corrected chi connectivity index (χ1v) is 8.46. The van der Waals surface area contributed by atoms with Gasteiger partial charge in [-0.3, -0.25) is 0 Å². The highest BCUT2D eigenvalue weighted by atomic mass is 35.5. The van der Waals surface area contributed by atoms with Crippen molar-refractivity contribution in [1.82, 2.24) is 9.55 Å². The monoisotopic (exact) mass is 304 g/mol. The second-order valence-electron chi connectivity index (χ2n) is 6.33. The molecule has 2 aromatic rings. The molecule has 0 radical (unpaired) electrons. The fraction of sp³-hybridized carbons (Fsp3) is 0.588. The maximum absolute atomic E-state index is 6.02. The van der Waals surface area contributed by atoms with Crippen LogP contribution in [0.4, 0.5) is 0 Å². The van der Waals surface area contributed by atoms with Gasteiger partial charge in [-0.05, 0) is 49.7 Å². The lowest BCUT2D eigenvalue weighted by Gasteiger charge is -2.21. The van der Waals surface area contributed by atoms with Gasteiger partial charge in [-0.2, -0.15) is 0 Å². The molecule has 2 fully saturated rings. The Kier molecular flexibility index (Phi) is 3.33. The zero-order valence-corrected chi connectivity index (χ0v) is 13.1. The van der Waals surface area contributed by atoms with Gasteiger partial charge in [0.2, 0.25) is 0 Å². The molecule has 0 spiro atoms. The summed E-state index contributed by atoms with van der Waals surface area (Å²) in [6.45, 7) is 0. The highest BCUT2D eigenvalue weighted by Crippen LogP contribution is 2.53. The first kappa shape index (κ1) is 13.4. The zero-order chi connectivity index (χ0) is 14.4. The van der Waals surface area contributed by atoms with E-state index in [1.807, 2.05) is 6.07 Å². The van der Waals surface area contributed by atoms with Gasteiger partial charge in [0.05, 0.1) is 12.6 Å². The largest absolute Gasteiger partial charge is 0.494 e. The molecule has 4 rings (SSSR count). The molecule has 1 heterocycles. The van der Waals surface area contributed by atoms with Crippen molar-refractivity contribution in [2.24, 2.45) is 11.8 Å². The van der Waals surface area contributed by atoms with Crippen molar-refractivity contribution in [2.45, 2.75) is 38.1 Å². The van der Waals surface area contributed by atoms with Crippen LogP contribution in [0.2, 0.25) is 0 Å². The smallest absolute Gasteiger partial charge is 0.146 e. The van der Waals surface area contributed by atoms with Gasteiger partial charge in [0.15, 0.2) is 0 Å². The van der Waals surface area contributed by atoms with Gasteiger partial charge in [-0.25, -0.2) is 4.98 Å². The van der Waals surface area contributed by atoms with E-state index in [0.717, 1.165) is 35.3 Å². The van der Waals surface area contributed by atoms with E-state index in [9.17, 15) is 0 Å². The molecule has 0 bridgehead atoms. The Hall–Kier alpha value is -1.22. The van der Waals surface area contributed by atoms with Gasteiger partial charge in [0, 0.05) is 18.3 Å². The van der Waals surface area contributed by atoms with Gasteiger partial charge < -0.3 is 9.30 Å². The predicted molar refractivity (Wildman–Crippen MR) is 85.2 cm³/mol. The molecule has 1 aromatic carbocycles. The number of fused-ring (bicyclic) bond motifs is 1. The first-order valence-electron chi connectivity index (χ1n) is 7.93. The summed E-state index contributed by atoms with van der Waals surface area (Å²) in [7, 11) is 1.72. The highest BCUT2D eigenvalue weighted by Gasteiger charge is 2.43. The van der Waals surface area contributed by atoms with Gasteiger partial charge in [-0.15, -0.1) is 11.6 Å². The number of hydrogen-bond acceptors (Lipinski definition) is 2. The van der Waals surface area contributed by atoms with Crippen LogP contribution in [0.3, 0.4) is 0 Å². The van der Waals surface area contributed by atoms with E-state index in [4.69, 9.17) is 21.3 Å². The molecule has 2 aliphatic carbocycles.